The summed E-state index contributed by atoms with van der Waals surface area (Å²) in [6.07, 6.45) is 1.01. The highest BCUT2D eigenvalue weighted by molar-refractivity contribution is 7.85. The van der Waals surface area contributed by atoms with Gasteiger partial charge in [-0.3, -0.25) is 4.55 Å². The quantitative estimate of drug-likeness (QED) is 0.465. The lowest BCUT2D eigenvalue weighted by molar-refractivity contribution is 0.157. The second kappa shape index (κ2) is 9.22. The van der Waals surface area contributed by atoms with Crippen molar-refractivity contribution in [1.82, 2.24) is 9.55 Å². The monoisotopic (exact) mass is 490 g/mol. The van der Waals surface area contributed by atoms with Gasteiger partial charge < -0.3 is 9.30 Å². The van der Waals surface area contributed by atoms with Gasteiger partial charge in [-0.15, -0.1) is 0 Å². The number of imidazole rings is 1. The third kappa shape index (κ3) is 4.91. The maximum absolute atomic E-state index is 13.8. The Labute approximate surface area is 188 Å². The fourth-order valence-corrected chi connectivity index (χ4v) is 4.48. The molecule has 2 aromatic carbocycles. The molecule has 166 valence electrons. The Morgan fingerprint density at radius 3 is 2.03 bits per heavy atom. The molecule has 0 aliphatic rings. The minimum Gasteiger partial charge on any atom is -0.383 e. The number of halogens is 4. The molecule has 1 aromatic heterocycles. The summed E-state index contributed by atoms with van der Waals surface area (Å²) in [5.74, 6) is -1.92. The molecular weight excluding hydrogens is 473 g/mol. The van der Waals surface area contributed by atoms with E-state index in [1.54, 1.807) is 6.92 Å². The summed E-state index contributed by atoms with van der Waals surface area (Å²) < 4.78 is 67.7. The van der Waals surface area contributed by atoms with Crippen LogP contribution in [0.3, 0.4) is 0 Å². The van der Waals surface area contributed by atoms with Crippen LogP contribution in [-0.4, -0.2) is 36.2 Å². The number of benzene rings is 2. The van der Waals surface area contributed by atoms with Gasteiger partial charge in [0.1, 0.15) is 17.5 Å². The molecule has 0 aliphatic carbocycles. The number of hydrogen-bond acceptors (Lipinski definition) is 4. The van der Waals surface area contributed by atoms with Gasteiger partial charge in [0, 0.05) is 7.11 Å². The van der Waals surface area contributed by atoms with Crippen molar-refractivity contribution in [3.63, 3.8) is 0 Å². The van der Waals surface area contributed by atoms with Gasteiger partial charge in [0.05, 0.1) is 34.8 Å². The van der Waals surface area contributed by atoms with Crippen molar-refractivity contribution in [1.29, 1.82) is 0 Å². The van der Waals surface area contributed by atoms with Crippen LogP contribution in [0.4, 0.5) is 8.78 Å². The number of rotatable bonds is 7. The lowest BCUT2D eigenvalue weighted by Gasteiger charge is -2.24. The van der Waals surface area contributed by atoms with Gasteiger partial charge in [-0.1, -0.05) is 35.3 Å². The molecule has 31 heavy (non-hydrogen) atoms. The second-order valence-corrected chi connectivity index (χ2v) is 9.07. The number of hydrogen-bond donors (Lipinski definition) is 1. The highest BCUT2D eigenvalue weighted by Gasteiger charge is 2.30. The molecule has 1 heterocycles. The van der Waals surface area contributed by atoms with Crippen molar-refractivity contribution < 1.29 is 26.5 Å². The van der Waals surface area contributed by atoms with E-state index in [1.165, 1.54) is 35.9 Å². The second-order valence-electron chi connectivity index (χ2n) is 6.88. The van der Waals surface area contributed by atoms with E-state index in [9.17, 15) is 21.8 Å². The van der Waals surface area contributed by atoms with Crippen LogP contribution in [0.25, 0.3) is 0 Å². The van der Waals surface area contributed by atoms with Crippen LogP contribution in [0.5, 0.6) is 0 Å². The van der Waals surface area contributed by atoms with Crippen molar-refractivity contribution in [2.75, 3.05) is 13.7 Å². The molecular formula is C20H18Cl2F2N2O4S. The molecule has 1 atom stereocenters. The molecule has 1 N–H and O–H groups in total. The molecule has 3 aromatic rings. The Morgan fingerprint density at radius 2 is 1.61 bits per heavy atom. The van der Waals surface area contributed by atoms with E-state index in [0.717, 1.165) is 18.3 Å². The Kier molecular flexibility index (Phi) is 7.02. The molecule has 0 saturated heterocycles. The van der Waals surface area contributed by atoms with Crippen LogP contribution in [0.2, 0.25) is 10.0 Å². The van der Waals surface area contributed by atoms with Crippen molar-refractivity contribution in [2.45, 2.75) is 23.9 Å². The first kappa shape index (κ1) is 23.6. The van der Waals surface area contributed by atoms with Crippen LogP contribution < -0.4 is 0 Å². The Balaban J connectivity index is 2.33. The zero-order valence-corrected chi connectivity index (χ0v) is 18.7. The third-order valence-electron chi connectivity index (χ3n) is 4.72. The minimum atomic E-state index is -4.63. The highest BCUT2D eigenvalue weighted by atomic mass is 35.5. The molecule has 3 rings (SSSR count). The first-order chi connectivity index (χ1) is 14.5. The lowest BCUT2D eigenvalue weighted by atomic mass is 9.90. The van der Waals surface area contributed by atoms with Gasteiger partial charge in [0.25, 0.3) is 0 Å². The summed E-state index contributed by atoms with van der Waals surface area (Å²) in [6, 6.07) is 7.40. The minimum absolute atomic E-state index is 0.104. The van der Waals surface area contributed by atoms with Gasteiger partial charge in [0.15, 0.2) is 5.03 Å². The molecule has 0 amide bonds. The summed E-state index contributed by atoms with van der Waals surface area (Å²) in [5.41, 5.74) is 0.903. The largest absolute Gasteiger partial charge is 0.383 e. The van der Waals surface area contributed by atoms with Gasteiger partial charge in [-0.05, 0) is 42.3 Å². The van der Waals surface area contributed by atoms with E-state index in [-0.39, 0.29) is 22.5 Å². The zero-order chi connectivity index (χ0) is 22.9. The van der Waals surface area contributed by atoms with E-state index in [1.807, 2.05) is 0 Å². The van der Waals surface area contributed by atoms with Crippen LogP contribution >= 0.6 is 23.2 Å². The van der Waals surface area contributed by atoms with Gasteiger partial charge in [-0.25, -0.2) is 13.8 Å². The Bertz CT molecular complexity index is 1170. The summed E-state index contributed by atoms with van der Waals surface area (Å²) in [4.78, 5) is 4.24. The van der Waals surface area contributed by atoms with Crippen molar-refractivity contribution in [3.05, 3.63) is 81.2 Å². The van der Waals surface area contributed by atoms with Crippen molar-refractivity contribution in [2.24, 2.45) is 0 Å². The first-order valence-corrected chi connectivity index (χ1v) is 11.2. The molecule has 11 heteroatoms. The van der Waals surface area contributed by atoms with E-state index in [4.69, 9.17) is 27.9 Å². The average Bonchev–Trinajstić information content (AvgIpc) is 3.13. The fourth-order valence-electron chi connectivity index (χ4n) is 3.40. The summed E-state index contributed by atoms with van der Waals surface area (Å²) >= 11 is 12.0. The number of nitrogens with zero attached hydrogens (tertiary/aromatic N) is 2. The van der Waals surface area contributed by atoms with Crippen LogP contribution in [0, 0.1) is 11.6 Å². The summed E-state index contributed by atoms with van der Waals surface area (Å²) in [6.45, 7) is 1.78. The maximum atomic E-state index is 13.8. The Hall–Kier alpha value is -2.04. The number of methoxy groups -OCH3 is 1. The van der Waals surface area contributed by atoms with Gasteiger partial charge in [0.2, 0.25) is 0 Å². The topological polar surface area (TPSA) is 81.4 Å². The Morgan fingerprint density at radius 1 is 1.10 bits per heavy atom. The van der Waals surface area contributed by atoms with E-state index in [2.05, 4.69) is 4.98 Å². The fraction of sp³-hybridized carbons (Fsp3) is 0.250. The molecule has 0 radical (unpaired) electrons. The number of ether oxygens (including phenoxy) is 1. The molecule has 0 spiro atoms. The van der Waals surface area contributed by atoms with Crippen LogP contribution in [0.15, 0.2) is 47.6 Å². The van der Waals surface area contributed by atoms with Crippen molar-refractivity contribution >= 4 is 33.3 Å². The molecule has 0 saturated carbocycles. The molecule has 1 unspecified atom stereocenters. The summed E-state index contributed by atoms with van der Waals surface area (Å²) in [7, 11) is -3.19. The molecule has 6 nitrogen and oxygen atoms in total. The number of aromatic nitrogens is 2. The molecule has 0 bridgehead atoms. The van der Waals surface area contributed by atoms with Gasteiger partial charge in [-0.2, -0.15) is 8.42 Å². The SMILES string of the molecule is COCC(C)n1c(S(=O)(=O)O)cnc1C(c1ccc(F)c(Cl)c1)c1ccc(F)c(Cl)c1. The maximum Gasteiger partial charge on any atom is 0.311 e. The standard InChI is InChI=1S/C20H18Cl2F2N2O4S/c1-11(10-30-2)26-18(31(27,28)29)9-25-20(26)19(12-3-5-16(23)14(21)7-12)13-4-6-17(24)15(22)8-13/h3-9,11,19H,10H2,1-2H3,(H,27,28,29). The normalized spacial score (nSPS) is 13.0. The van der Waals surface area contributed by atoms with Gasteiger partial charge >= 0.3 is 10.1 Å². The first-order valence-electron chi connectivity index (χ1n) is 8.98. The lowest BCUT2D eigenvalue weighted by Crippen LogP contribution is -2.21. The predicted octanol–water partition coefficient (Wildman–Crippen LogP) is 5.10. The average molecular weight is 491 g/mol. The van der Waals surface area contributed by atoms with Crippen molar-refractivity contribution in [3.8, 4) is 0 Å². The molecule has 0 fully saturated rings. The third-order valence-corrected chi connectivity index (χ3v) is 6.13. The van der Waals surface area contributed by atoms with E-state index in [0.29, 0.717) is 11.1 Å². The van der Waals surface area contributed by atoms with E-state index >= 15 is 0 Å². The zero-order valence-electron chi connectivity index (χ0n) is 16.4. The summed E-state index contributed by atoms with van der Waals surface area (Å²) in [5, 5.41) is -0.763. The predicted molar refractivity (Wildman–Crippen MR) is 112 cm³/mol. The van der Waals surface area contributed by atoms with Crippen LogP contribution in [0.1, 0.15) is 35.8 Å². The molecule has 0 aliphatic heterocycles. The highest BCUT2D eigenvalue weighted by Crippen LogP contribution is 2.37. The van der Waals surface area contributed by atoms with E-state index < -0.39 is 38.7 Å². The van der Waals surface area contributed by atoms with Crippen LogP contribution in [-0.2, 0) is 14.9 Å². The smallest absolute Gasteiger partial charge is 0.311 e.